The number of ether oxygens (including phenoxy) is 3. The van der Waals surface area contributed by atoms with Crippen molar-refractivity contribution in [1.29, 1.82) is 0 Å². The number of esters is 3. The summed E-state index contributed by atoms with van der Waals surface area (Å²) in [6.07, 6.45) is -0.846. The number of carbonyl (C=O) groups excluding carboxylic acids is 3. The van der Waals surface area contributed by atoms with Gasteiger partial charge in [-0.05, 0) is 55.7 Å². The molecule has 1 fully saturated rings. The molecule has 0 unspecified atom stereocenters. The van der Waals surface area contributed by atoms with E-state index in [2.05, 4.69) is 11.3 Å². The summed E-state index contributed by atoms with van der Waals surface area (Å²) in [5.41, 5.74) is 2.06. The zero-order valence-corrected chi connectivity index (χ0v) is 17.7. The molecular weight excluding hydrogens is 429 g/mol. The van der Waals surface area contributed by atoms with Gasteiger partial charge in [-0.1, -0.05) is 30.8 Å². The maximum atomic E-state index is 12.3. The van der Waals surface area contributed by atoms with Gasteiger partial charge in [0, 0.05) is 11.6 Å². The van der Waals surface area contributed by atoms with Gasteiger partial charge in [-0.3, -0.25) is 0 Å². The molecule has 1 aromatic rings. The summed E-state index contributed by atoms with van der Waals surface area (Å²) in [5.74, 6) is -3.09. The Balaban J connectivity index is 1.75. The van der Waals surface area contributed by atoms with E-state index >= 15 is 0 Å². The highest BCUT2D eigenvalue weighted by Gasteiger charge is 2.42. The maximum Gasteiger partial charge on any atom is 0.490 e. The first-order valence-electron chi connectivity index (χ1n) is 10.1. The maximum absolute atomic E-state index is 12.3. The predicted molar refractivity (Wildman–Crippen MR) is 109 cm³/mol. The molecule has 0 bridgehead atoms. The standard InChI is InChI=1S/C23H25F3O6/c1-15(2)21(28)31-14-13-30-20(27)12-5-16-3-6-17(7-4-16)18-8-10-19(11-9-18)32-22(29)23(24,25)26/h3-7,12,18-19H,1,8-11,13-14H2,2H3/b12-5+. The van der Waals surface area contributed by atoms with E-state index in [-0.39, 0.29) is 24.7 Å². The van der Waals surface area contributed by atoms with Gasteiger partial charge in [-0.2, -0.15) is 13.2 Å². The van der Waals surface area contributed by atoms with Gasteiger partial charge >= 0.3 is 24.1 Å². The zero-order valence-electron chi connectivity index (χ0n) is 17.7. The highest BCUT2D eigenvalue weighted by molar-refractivity contribution is 5.87. The molecule has 0 atom stereocenters. The van der Waals surface area contributed by atoms with Gasteiger partial charge in [0.25, 0.3) is 0 Å². The molecule has 32 heavy (non-hydrogen) atoms. The van der Waals surface area contributed by atoms with Crippen LogP contribution in [-0.2, 0) is 28.6 Å². The Morgan fingerprint density at radius 1 is 1.03 bits per heavy atom. The van der Waals surface area contributed by atoms with Crippen molar-refractivity contribution in [2.45, 2.75) is 50.8 Å². The van der Waals surface area contributed by atoms with Crippen molar-refractivity contribution in [2.75, 3.05) is 13.2 Å². The van der Waals surface area contributed by atoms with E-state index in [0.29, 0.717) is 25.7 Å². The summed E-state index contributed by atoms with van der Waals surface area (Å²) in [6, 6.07) is 7.44. The molecule has 0 radical (unpaired) electrons. The summed E-state index contributed by atoms with van der Waals surface area (Å²) in [5, 5.41) is 0. The van der Waals surface area contributed by atoms with Gasteiger partial charge in [0.2, 0.25) is 0 Å². The lowest BCUT2D eigenvalue weighted by atomic mass is 9.82. The molecule has 0 amide bonds. The molecule has 6 nitrogen and oxygen atoms in total. The van der Waals surface area contributed by atoms with Crippen LogP contribution in [0.25, 0.3) is 6.08 Å². The van der Waals surface area contributed by atoms with Crippen LogP contribution in [0, 0.1) is 0 Å². The molecule has 1 aliphatic rings. The van der Waals surface area contributed by atoms with Crippen LogP contribution in [0.15, 0.2) is 42.5 Å². The molecule has 1 aliphatic carbocycles. The van der Waals surface area contributed by atoms with E-state index in [1.54, 1.807) is 6.08 Å². The molecule has 1 aromatic carbocycles. The number of alkyl halides is 3. The summed E-state index contributed by atoms with van der Waals surface area (Å²) in [7, 11) is 0. The largest absolute Gasteiger partial charge is 0.490 e. The Kier molecular flexibility index (Phi) is 9.04. The third-order valence-corrected chi connectivity index (χ3v) is 4.91. The third kappa shape index (κ3) is 8.20. The van der Waals surface area contributed by atoms with Crippen molar-refractivity contribution in [3.05, 3.63) is 53.6 Å². The Labute approximate surface area is 184 Å². The van der Waals surface area contributed by atoms with Crippen molar-refractivity contribution in [3.8, 4) is 0 Å². The zero-order chi connectivity index (χ0) is 23.7. The van der Waals surface area contributed by atoms with E-state index < -0.39 is 30.2 Å². The second-order valence-corrected chi connectivity index (χ2v) is 7.46. The fourth-order valence-corrected chi connectivity index (χ4v) is 3.22. The molecule has 1 saturated carbocycles. The van der Waals surface area contributed by atoms with Crippen LogP contribution in [0.1, 0.15) is 49.7 Å². The lowest BCUT2D eigenvalue weighted by molar-refractivity contribution is -0.206. The van der Waals surface area contributed by atoms with Gasteiger partial charge in [0.05, 0.1) is 0 Å². The first-order chi connectivity index (χ1) is 15.1. The van der Waals surface area contributed by atoms with E-state index in [1.165, 1.54) is 13.0 Å². The topological polar surface area (TPSA) is 78.9 Å². The third-order valence-electron chi connectivity index (χ3n) is 4.91. The Hall–Kier alpha value is -3.10. The van der Waals surface area contributed by atoms with Crippen molar-refractivity contribution >= 4 is 24.0 Å². The Bertz CT molecular complexity index is 849. The molecule has 2 rings (SSSR count). The normalized spacial score (nSPS) is 18.8. The van der Waals surface area contributed by atoms with Crippen LogP contribution < -0.4 is 0 Å². The number of carbonyl (C=O) groups is 3. The Morgan fingerprint density at radius 2 is 1.62 bits per heavy atom. The Morgan fingerprint density at radius 3 is 2.19 bits per heavy atom. The van der Waals surface area contributed by atoms with E-state index in [9.17, 15) is 27.6 Å². The van der Waals surface area contributed by atoms with Crippen molar-refractivity contribution in [3.63, 3.8) is 0 Å². The predicted octanol–water partition coefficient (Wildman–Crippen LogP) is 4.49. The van der Waals surface area contributed by atoms with Gasteiger partial charge in [0.1, 0.15) is 19.3 Å². The highest BCUT2D eigenvalue weighted by Crippen LogP contribution is 2.35. The quantitative estimate of drug-likeness (QED) is 0.249. The minimum atomic E-state index is -4.97. The summed E-state index contributed by atoms with van der Waals surface area (Å²) in [6.45, 7) is 4.83. The monoisotopic (exact) mass is 454 g/mol. The van der Waals surface area contributed by atoms with Gasteiger partial charge in [-0.15, -0.1) is 0 Å². The minimum absolute atomic E-state index is 0.0579. The van der Waals surface area contributed by atoms with E-state index in [4.69, 9.17) is 9.47 Å². The highest BCUT2D eigenvalue weighted by atomic mass is 19.4. The van der Waals surface area contributed by atoms with Crippen molar-refractivity contribution in [1.82, 2.24) is 0 Å². The van der Waals surface area contributed by atoms with Gasteiger partial charge in [0.15, 0.2) is 0 Å². The molecule has 174 valence electrons. The number of hydrogen-bond acceptors (Lipinski definition) is 6. The van der Waals surface area contributed by atoms with E-state index in [0.717, 1.165) is 11.1 Å². The molecule has 0 saturated heterocycles. The average Bonchev–Trinajstić information content (AvgIpc) is 2.75. The lowest BCUT2D eigenvalue weighted by Gasteiger charge is -2.28. The molecule has 0 aliphatic heterocycles. The first kappa shape index (κ1) is 25.2. The van der Waals surface area contributed by atoms with Gasteiger partial charge < -0.3 is 14.2 Å². The number of halogens is 3. The number of hydrogen-bond donors (Lipinski definition) is 0. The molecule has 0 spiro atoms. The first-order valence-corrected chi connectivity index (χ1v) is 10.1. The van der Waals surface area contributed by atoms with Gasteiger partial charge in [-0.25, -0.2) is 14.4 Å². The van der Waals surface area contributed by atoms with Crippen LogP contribution in [0.3, 0.4) is 0 Å². The van der Waals surface area contributed by atoms with Crippen molar-refractivity contribution < 1.29 is 41.8 Å². The number of benzene rings is 1. The smallest absolute Gasteiger partial charge is 0.459 e. The SMILES string of the molecule is C=C(C)C(=O)OCCOC(=O)/C=C/c1ccc(C2CCC(OC(=O)C(F)(F)F)CC2)cc1. The summed E-state index contributed by atoms with van der Waals surface area (Å²) >= 11 is 0. The summed E-state index contributed by atoms with van der Waals surface area (Å²) in [4.78, 5) is 33.8. The molecule has 0 N–H and O–H groups in total. The molecule has 9 heteroatoms. The fourth-order valence-electron chi connectivity index (χ4n) is 3.22. The van der Waals surface area contributed by atoms with Crippen molar-refractivity contribution in [2.24, 2.45) is 0 Å². The molecule has 0 aromatic heterocycles. The molecule has 0 heterocycles. The average molecular weight is 454 g/mol. The van der Waals surface area contributed by atoms with E-state index in [1.807, 2.05) is 24.3 Å². The molecular formula is C23H25F3O6. The van der Waals surface area contributed by atoms with Crippen LogP contribution in [0.2, 0.25) is 0 Å². The van der Waals surface area contributed by atoms with Crippen LogP contribution in [0.5, 0.6) is 0 Å². The van der Waals surface area contributed by atoms with Crippen LogP contribution >= 0.6 is 0 Å². The van der Waals surface area contributed by atoms with Crippen LogP contribution in [0.4, 0.5) is 13.2 Å². The second-order valence-electron chi connectivity index (χ2n) is 7.46. The number of rotatable bonds is 8. The fraction of sp³-hybridized carbons (Fsp3) is 0.435. The lowest BCUT2D eigenvalue weighted by Crippen LogP contribution is -2.32. The second kappa shape index (κ2) is 11.5. The van der Waals surface area contributed by atoms with Crippen LogP contribution in [-0.4, -0.2) is 43.4 Å². The minimum Gasteiger partial charge on any atom is -0.459 e. The summed E-state index contributed by atoms with van der Waals surface area (Å²) < 4.78 is 51.2.